The van der Waals surface area contributed by atoms with Gasteiger partial charge in [0, 0.05) is 0 Å². The molecule has 0 radical (unpaired) electrons. The van der Waals surface area contributed by atoms with E-state index < -0.39 is 0 Å². The first-order chi connectivity index (χ1) is 7.11. The molecule has 0 saturated carbocycles. The first kappa shape index (κ1) is 9.99. The number of hydrogen-bond donors (Lipinski definition) is 1. The summed E-state index contributed by atoms with van der Waals surface area (Å²) >= 11 is 0. The minimum absolute atomic E-state index is 0.230. The van der Waals surface area contributed by atoms with Crippen molar-refractivity contribution in [2.75, 3.05) is 0 Å². The molecular weight excluding hydrogens is 186 g/mol. The Labute approximate surface area is 90.2 Å². The van der Waals surface area contributed by atoms with Crippen LogP contribution in [0.25, 0.3) is 11.8 Å². The van der Waals surface area contributed by atoms with Gasteiger partial charge in [-0.3, -0.25) is 10.3 Å². The molecule has 0 aromatic heterocycles. The minimum Gasteiger partial charge on any atom is -0.266 e. The lowest BCUT2D eigenvalue weighted by Gasteiger charge is -2.11. The smallest absolute Gasteiger partial charge is 0.111 e. The van der Waals surface area contributed by atoms with Crippen molar-refractivity contribution in [3.63, 3.8) is 0 Å². The Morgan fingerprint density at radius 3 is 2.40 bits per heavy atom. The summed E-state index contributed by atoms with van der Waals surface area (Å²) in [4.78, 5) is 5.40. The second-order valence-corrected chi connectivity index (χ2v) is 4.19. The predicted molar refractivity (Wildman–Crippen MR) is 62.8 cm³/mol. The van der Waals surface area contributed by atoms with Gasteiger partial charge in [0.15, 0.2) is 0 Å². The van der Waals surface area contributed by atoms with Crippen molar-refractivity contribution >= 4 is 11.8 Å². The lowest BCUT2D eigenvalue weighted by atomic mass is 10.0. The molecule has 0 aliphatic carbocycles. The number of nitrogens with one attached hydrogen (secondary N) is 1. The average molecular weight is 201 g/mol. The van der Waals surface area contributed by atoms with E-state index in [-0.39, 0.29) is 5.60 Å². The van der Waals surface area contributed by atoms with Crippen LogP contribution in [0.1, 0.15) is 25.0 Å². The highest BCUT2D eigenvalue weighted by Gasteiger charge is 2.24. The van der Waals surface area contributed by atoms with Crippen LogP contribution in [0, 0.1) is 0 Å². The van der Waals surface area contributed by atoms with Crippen molar-refractivity contribution in [3.05, 3.63) is 48.0 Å². The van der Waals surface area contributed by atoms with Crippen molar-refractivity contribution in [1.82, 2.24) is 5.48 Å². The van der Waals surface area contributed by atoms with Crippen molar-refractivity contribution < 1.29 is 4.84 Å². The van der Waals surface area contributed by atoms with Gasteiger partial charge >= 0.3 is 0 Å². The molecule has 0 saturated heterocycles. The van der Waals surface area contributed by atoms with Crippen molar-refractivity contribution in [1.29, 1.82) is 0 Å². The van der Waals surface area contributed by atoms with E-state index in [0.717, 1.165) is 16.8 Å². The molecule has 2 heteroatoms. The largest absolute Gasteiger partial charge is 0.266 e. The maximum Gasteiger partial charge on any atom is 0.111 e. The first-order valence-corrected chi connectivity index (χ1v) is 5.00. The van der Waals surface area contributed by atoms with Crippen LogP contribution < -0.4 is 5.48 Å². The van der Waals surface area contributed by atoms with E-state index >= 15 is 0 Å². The Bertz CT molecular complexity index is 401. The molecule has 2 nitrogen and oxygen atoms in total. The molecule has 1 aliphatic rings. The van der Waals surface area contributed by atoms with Crippen molar-refractivity contribution in [3.8, 4) is 0 Å². The van der Waals surface area contributed by atoms with Gasteiger partial charge in [-0.2, -0.15) is 0 Å². The van der Waals surface area contributed by atoms with Crippen LogP contribution in [0.5, 0.6) is 0 Å². The van der Waals surface area contributed by atoms with Gasteiger partial charge in [0.05, 0.1) is 5.70 Å². The fraction of sp³-hybridized carbons (Fsp3) is 0.231. The Morgan fingerprint density at radius 1 is 1.27 bits per heavy atom. The summed E-state index contributed by atoms with van der Waals surface area (Å²) in [5.41, 5.74) is 5.98. The van der Waals surface area contributed by atoms with Gasteiger partial charge in [-0.25, -0.2) is 0 Å². The summed E-state index contributed by atoms with van der Waals surface area (Å²) in [6.07, 6.45) is 3.91. The molecule has 1 aliphatic heterocycles. The quantitative estimate of drug-likeness (QED) is 0.794. The zero-order valence-corrected chi connectivity index (χ0v) is 9.08. The highest BCUT2D eigenvalue weighted by atomic mass is 16.7. The molecule has 1 N–H and O–H groups in total. The second-order valence-electron chi connectivity index (χ2n) is 4.19. The molecule has 1 heterocycles. The zero-order valence-electron chi connectivity index (χ0n) is 9.08. The third-order valence-corrected chi connectivity index (χ3v) is 2.37. The number of rotatable bonds is 2. The molecule has 2 rings (SSSR count). The van der Waals surface area contributed by atoms with E-state index in [2.05, 4.69) is 30.3 Å². The van der Waals surface area contributed by atoms with Gasteiger partial charge in [-0.1, -0.05) is 36.9 Å². The second kappa shape index (κ2) is 3.55. The Hall–Kier alpha value is -1.54. The fourth-order valence-electron chi connectivity index (χ4n) is 1.53. The van der Waals surface area contributed by atoms with Gasteiger partial charge < -0.3 is 0 Å². The third kappa shape index (κ3) is 2.10. The van der Waals surface area contributed by atoms with Crippen LogP contribution in [-0.4, -0.2) is 5.60 Å². The summed E-state index contributed by atoms with van der Waals surface area (Å²) < 4.78 is 0. The Balaban J connectivity index is 2.28. The normalized spacial score (nSPS) is 18.1. The van der Waals surface area contributed by atoms with Gasteiger partial charge in [0.1, 0.15) is 5.60 Å². The Morgan fingerprint density at radius 2 is 1.93 bits per heavy atom. The molecule has 1 aromatic rings. The van der Waals surface area contributed by atoms with Crippen LogP contribution in [0.2, 0.25) is 0 Å². The van der Waals surface area contributed by atoms with Gasteiger partial charge in [-0.05, 0) is 31.1 Å². The number of hydroxylamine groups is 1. The van der Waals surface area contributed by atoms with Crippen LogP contribution in [0.15, 0.2) is 36.9 Å². The fourth-order valence-corrected chi connectivity index (χ4v) is 1.53. The molecular formula is C13H15NO. The van der Waals surface area contributed by atoms with Gasteiger partial charge in [-0.15, -0.1) is 0 Å². The van der Waals surface area contributed by atoms with Crippen LogP contribution in [0.4, 0.5) is 0 Å². The van der Waals surface area contributed by atoms with Gasteiger partial charge in [0.2, 0.25) is 0 Å². The van der Waals surface area contributed by atoms with Crippen LogP contribution in [0.3, 0.4) is 0 Å². The molecule has 0 spiro atoms. The highest BCUT2D eigenvalue weighted by Crippen LogP contribution is 2.25. The van der Waals surface area contributed by atoms with Crippen molar-refractivity contribution in [2.45, 2.75) is 19.4 Å². The third-order valence-electron chi connectivity index (χ3n) is 2.37. The number of hydrogen-bond acceptors (Lipinski definition) is 2. The van der Waals surface area contributed by atoms with E-state index in [1.807, 2.05) is 32.1 Å². The Kier molecular flexibility index (Phi) is 2.37. The van der Waals surface area contributed by atoms with Crippen LogP contribution in [-0.2, 0) is 4.84 Å². The topological polar surface area (TPSA) is 21.3 Å². The van der Waals surface area contributed by atoms with E-state index in [0.29, 0.717) is 0 Å². The minimum atomic E-state index is -0.230. The van der Waals surface area contributed by atoms with E-state index in [9.17, 15) is 0 Å². The number of benzene rings is 1. The summed E-state index contributed by atoms with van der Waals surface area (Å²) in [6, 6.07) is 8.19. The molecule has 1 aromatic carbocycles. The molecule has 0 fully saturated rings. The summed E-state index contributed by atoms with van der Waals surface area (Å²) in [5, 5.41) is 0. The maximum absolute atomic E-state index is 5.40. The van der Waals surface area contributed by atoms with Crippen molar-refractivity contribution in [2.24, 2.45) is 0 Å². The van der Waals surface area contributed by atoms with E-state index in [1.54, 1.807) is 0 Å². The molecule has 0 atom stereocenters. The first-order valence-electron chi connectivity index (χ1n) is 5.00. The lowest BCUT2D eigenvalue weighted by molar-refractivity contribution is -0.00839. The molecule has 0 bridgehead atoms. The van der Waals surface area contributed by atoms with Gasteiger partial charge in [0.25, 0.3) is 0 Å². The summed E-state index contributed by atoms with van der Waals surface area (Å²) in [7, 11) is 0. The SMILES string of the molecule is C=Cc1ccc(C2=CC(C)(C)ON2)cc1. The average Bonchev–Trinajstić information content (AvgIpc) is 2.59. The molecule has 0 unspecified atom stereocenters. The molecule has 78 valence electrons. The monoisotopic (exact) mass is 201 g/mol. The lowest BCUT2D eigenvalue weighted by Crippen LogP contribution is -2.20. The van der Waals surface area contributed by atoms with Crippen LogP contribution >= 0.6 is 0 Å². The highest BCUT2D eigenvalue weighted by molar-refractivity contribution is 5.66. The van der Waals surface area contributed by atoms with E-state index in [4.69, 9.17) is 4.84 Å². The predicted octanol–water partition coefficient (Wildman–Crippen LogP) is 2.98. The molecule has 0 amide bonds. The maximum atomic E-state index is 5.40. The zero-order chi connectivity index (χ0) is 10.9. The standard InChI is InChI=1S/C13H15NO/c1-4-10-5-7-11(8-6-10)12-9-13(2,3)15-14-12/h4-9,14H,1H2,2-3H3. The summed E-state index contributed by atoms with van der Waals surface area (Å²) in [6.45, 7) is 7.76. The van der Waals surface area contributed by atoms with E-state index in [1.165, 1.54) is 0 Å². The summed E-state index contributed by atoms with van der Waals surface area (Å²) in [5.74, 6) is 0. The molecule has 15 heavy (non-hydrogen) atoms.